The Kier molecular flexibility index (Phi) is 7.35. The van der Waals surface area contributed by atoms with E-state index in [2.05, 4.69) is 0 Å². The minimum atomic E-state index is -3.21. The van der Waals surface area contributed by atoms with Gasteiger partial charge in [-0.1, -0.05) is 58.3 Å². The number of benzene rings is 1. The van der Waals surface area contributed by atoms with E-state index < -0.39 is 15.1 Å². The Morgan fingerprint density at radius 2 is 1.92 bits per heavy atom. The summed E-state index contributed by atoms with van der Waals surface area (Å²) < 4.78 is 25.3. The van der Waals surface area contributed by atoms with Crippen molar-refractivity contribution in [2.45, 2.75) is 49.0 Å². The van der Waals surface area contributed by atoms with Crippen LogP contribution in [-0.4, -0.2) is 49.1 Å². The number of carbonyl (C=O) groups is 1. The van der Waals surface area contributed by atoms with Crippen LogP contribution in [-0.2, 0) is 14.6 Å². The molecule has 0 aliphatic carbocycles. The van der Waals surface area contributed by atoms with Gasteiger partial charge in [0.2, 0.25) is 5.91 Å². The topological polar surface area (TPSA) is 54.5 Å². The second-order valence-electron chi connectivity index (χ2n) is 7.01. The van der Waals surface area contributed by atoms with Crippen molar-refractivity contribution in [1.82, 2.24) is 4.90 Å². The Bertz CT molecular complexity index is 687. The van der Waals surface area contributed by atoms with E-state index in [9.17, 15) is 13.2 Å². The first-order valence-electron chi connectivity index (χ1n) is 9.39. The molecule has 1 aromatic rings. The summed E-state index contributed by atoms with van der Waals surface area (Å²) in [5.74, 6) is 1.43. The van der Waals surface area contributed by atoms with Gasteiger partial charge in [-0.15, -0.1) is 0 Å². The van der Waals surface area contributed by atoms with Crippen LogP contribution in [0.5, 0.6) is 0 Å². The summed E-state index contributed by atoms with van der Waals surface area (Å²) >= 11 is 0. The Labute approximate surface area is 164 Å². The molecule has 7 heteroatoms. The molecule has 0 N–H and O–H groups in total. The van der Waals surface area contributed by atoms with Crippen LogP contribution in [0.4, 0.5) is 0 Å². The molecule has 0 unspecified atom stereocenters. The third-order valence-electron chi connectivity index (χ3n) is 5.16. The van der Waals surface area contributed by atoms with Gasteiger partial charge in [-0.3, -0.25) is 4.79 Å². The minimum Gasteiger partial charge on any atom is -0.342 e. The fourth-order valence-corrected chi connectivity index (χ4v) is 8.43. The molecule has 144 valence electrons. The fraction of sp³-hybridized carbons (Fsp3) is 0.632. The van der Waals surface area contributed by atoms with Crippen molar-refractivity contribution in [2.75, 3.05) is 24.6 Å². The second-order valence-corrected chi connectivity index (χ2v) is 12.1. The fourth-order valence-electron chi connectivity index (χ4n) is 3.61. The highest BCUT2D eigenvalue weighted by molar-refractivity contribution is 8.77. The molecule has 0 spiro atoms. The molecule has 1 aromatic carbocycles. The van der Waals surface area contributed by atoms with Gasteiger partial charge in [0.1, 0.15) is 0 Å². The van der Waals surface area contributed by atoms with Gasteiger partial charge >= 0.3 is 0 Å². The maximum Gasteiger partial charge on any atom is 0.222 e. The first-order chi connectivity index (χ1) is 12.6. The quantitative estimate of drug-likeness (QED) is 0.519. The largest absolute Gasteiger partial charge is 0.342 e. The normalized spacial score (nSPS) is 25.8. The summed E-state index contributed by atoms with van der Waals surface area (Å²) in [4.78, 5) is 14.3. The monoisotopic (exact) mass is 413 g/mol. The molecule has 4 nitrogen and oxygen atoms in total. The van der Waals surface area contributed by atoms with Gasteiger partial charge in [0, 0.05) is 30.5 Å². The number of hydrogen-bond acceptors (Lipinski definition) is 5. The lowest BCUT2D eigenvalue weighted by Gasteiger charge is -2.20. The summed E-state index contributed by atoms with van der Waals surface area (Å²) in [6.45, 7) is 0.867. The number of nitrogens with zero attached hydrogens (tertiary/aromatic N) is 1. The van der Waals surface area contributed by atoms with Gasteiger partial charge in [0.15, 0.2) is 9.84 Å². The van der Waals surface area contributed by atoms with Crippen LogP contribution in [0.25, 0.3) is 0 Å². The molecule has 2 fully saturated rings. The van der Waals surface area contributed by atoms with Crippen LogP contribution >= 0.6 is 21.6 Å². The van der Waals surface area contributed by atoms with E-state index >= 15 is 0 Å². The summed E-state index contributed by atoms with van der Waals surface area (Å²) in [5, 5.41) is 0.267. The molecule has 0 bridgehead atoms. The predicted octanol–water partition coefficient (Wildman–Crippen LogP) is 4.09. The number of hydrogen-bond donors (Lipinski definition) is 0. The third-order valence-corrected chi connectivity index (χ3v) is 10.3. The minimum absolute atomic E-state index is 0.0637. The number of rotatable bonds is 6. The predicted molar refractivity (Wildman–Crippen MR) is 111 cm³/mol. The lowest BCUT2D eigenvalue weighted by atomic mass is 10.1. The zero-order valence-corrected chi connectivity index (χ0v) is 17.5. The first-order valence-corrected chi connectivity index (χ1v) is 13.5. The van der Waals surface area contributed by atoms with E-state index in [4.69, 9.17) is 0 Å². The molecule has 0 radical (unpaired) electrons. The maximum absolute atomic E-state index is 12.6. The van der Waals surface area contributed by atoms with Crippen LogP contribution < -0.4 is 0 Å². The van der Waals surface area contributed by atoms with Gasteiger partial charge in [-0.2, -0.15) is 0 Å². The molecule has 0 aromatic heterocycles. The van der Waals surface area contributed by atoms with Gasteiger partial charge < -0.3 is 4.90 Å². The highest BCUT2D eigenvalue weighted by Crippen LogP contribution is 2.40. The number of unbranched alkanes of at least 4 members (excludes halogenated alkanes) is 1. The Balaban J connectivity index is 1.49. The van der Waals surface area contributed by atoms with Crippen molar-refractivity contribution >= 4 is 37.3 Å². The third kappa shape index (κ3) is 5.42. The van der Waals surface area contributed by atoms with E-state index in [0.29, 0.717) is 25.9 Å². The lowest BCUT2D eigenvalue weighted by molar-refractivity contribution is -0.131. The van der Waals surface area contributed by atoms with Crippen molar-refractivity contribution < 1.29 is 13.2 Å². The zero-order valence-electron chi connectivity index (χ0n) is 15.0. The molecule has 2 saturated heterocycles. The number of carbonyl (C=O) groups excluding carboxylic acids is 1. The molecule has 1 amide bonds. The highest BCUT2D eigenvalue weighted by atomic mass is 33.1. The SMILES string of the molecule is O=C(CCCC[C@@H]1CCSS1)N1CC[C@@H](c2ccccc2)S(=O)(=O)CC1. The summed E-state index contributed by atoms with van der Waals surface area (Å²) in [6, 6.07) is 9.39. The van der Waals surface area contributed by atoms with Crippen LogP contribution in [0.1, 0.15) is 49.3 Å². The number of sulfone groups is 1. The average Bonchev–Trinajstić information content (AvgIpc) is 3.09. The number of amides is 1. The smallest absolute Gasteiger partial charge is 0.222 e. The van der Waals surface area contributed by atoms with Crippen molar-refractivity contribution in [2.24, 2.45) is 0 Å². The molecule has 2 aliphatic heterocycles. The lowest BCUT2D eigenvalue weighted by Crippen LogP contribution is -2.33. The molecular formula is C19H27NO3S3. The van der Waals surface area contributed by atoms with Crippen LogP contribution in [0, 0.1) is 0 Å². The van der Waals surface area contributed by atoms with Crippen molar-refractivity contribution in [3.63, 3.8) is 0 Å². The van der Waals surface area contributed by atoms with Crippen molar-refractivity contribution in [3.8, 4) is 0 Å². The van der Waals surface area contributed by atoms with E-state index in [1.807, 2.05) is 51.9 Å². The van der Waals surface area contributed by atoms with Gasteiger partial charge in [0.05, 0.1) is 11.0 Å². The molecule has 2 atom stereocenters. The van der Waals surface area contributed by atoms with Gasteiger partial charge in [-0.25, -0.2) is 8.42 Å². The Morgan fingerprint density at radius 1 is 1.12 bits per heavy atom. The Morgan fingerprint density at radius 3 is 2.65 bits per heavy atom. The summed E-state index contributed by atoms with van der Waals surface area (Å²) in [5.41, 5.74) is 0.841. The standard InChI is InChI=1S/C19H27NO3S3/c21-19(9-5-4-8-17-11-14-24-25-17)20-12-10-18(26(22,23)15-13-20)16-6-2-1-3-7-16/h1-3,6-7,17-18H,4-5,8-15H2/t17-,18+/m1/s1. The zero-order chi connectivity index (χ0) is 18.4. The van der Waals surface area contributed by atoms with E-state index in [-0.39, 0.29) is 11.7 Å². The van der Waals surface area contributed by atoms with Crippen molar-refractivity contribution in [1.29, 1.82) is 0 Å². The second kappa shape index (κ2) is 9.51. The molecule has 2 heterocycles. The van der Waals surface area contributed by atoms with Crippen LogP contribution in [0.3, 0.4) is 0 Å². The van der Waals surface area contributed by atoms with Crippen LogP contribution in [0.2, 0.25) is 0 Å². The molecular weight excluding hydrogens is 386 g/mol. The maximum atomic E-state index is 12.6. The summed E-state index contributed by atoms with van der Waals surface area (Å²) in [6.07, 6.45) is 5.51. The molecule has 26 heavy (non-hydrogen) atoms. The first kappa shape index (κ1) is 20.1. The molecule has 2 aliphatic rings. The van der Waals surface area contributed by atoms with E-state index in [1.54, 1.807) is 4.90 Å². The van der Waals surface area contributed by atoms with Crippen molar-refractivity contribution in [3.05, 3.63) is 35.9 Å². The van der Waals surface area contributed by atoms with Gasteiger partial charge in [-0.05, 0) is 31.2 Å². The molecule has 0 saturated carbocycles. The Hall–Kier alpha value is -0.660. The van der Waals surface area contributed by atoms with E-state index in [1.165, 1.54) is 18.6 Å². The average molecular weight is 414 g/mol. The highest BCUT2D eigenvalue weighted by Gasteiger charge is 2.32. The summed E-state index contributed by atoms with van der Waals surface area (Å²) in [7, 11) is 0.724. The van der Waals surface area contributed by atoms with Gasteiger partial charge in [0.25, 0.3) is 0 Å². The van der Waals surface area contributed by atoms with E-state index in [0.717, 1.165) is 23.7 Å². The molecule has 3 rings (SSSR count). The van der Waals surface area contributed by atoms with Crippen LogP contribution in [0.15, 0.2) is 30.3 Å².